The fraction of sp³-hybridized carbons (Fsp3) is 0.600. The molecule has 2 aromatic rings. The Balaban J connectivity index is 1.17. The standard InChI is InChI=1S/C25H32N4O5S/c1-17-26-23(27-34-17)19-6-4-18(5-7-19)14-22(31)28-10-12-29(13-11-28)35(32,33)16-25(3)20-8-9-24(25,2)21(30)15-20/h4-7,20H,8-16H2,1-3H3. The molecule has 0 N–H and O–H groups in total. The van der Waals surface area contributed by atoms with Gasteiger partial charge in [-0.2, -0.15) is 9.29 Å². The van der Waals surface area contributed by atoms with E-state index >= 15 is 0 Å². The summed E-state index contributed by atoms with van der Waals surface area (Å²) >= 11 is 0. The van der Waals surface area contributed by atoms with Crippen LogP contribution in [0.15, 0.2) is 28.8 Å². The minimum absolute atomic E-state index is 0.00705. The number of fused-ring (bicyclic) bond motifs is 2. The van der Waals surface area contributed by atoms with Crippen LogP contribution in [0.5, 0.6) is 0 Å². The first-order chi connectivity index (χ1) is 16.5. The van der Waals surface area contributed by atoms with E-state index in [0.29, 0.717) is 31.2 Å². The number of aryl methyl sites for hydroxylation is 1. The fourth-order valence-corrected chi connectivity index (χ4v) is 8.40. The number of hydrogen-bond acceptors (Lipinski definition) is 7. The fourth-order valence-electron chi connectivity index (χ4n) is 6.19. The lowest BCUT2D eigenvalue weighted by molar-refractivity contribution is -0.131. The molecule has 2 heterocycles. The highest BCUT2D eigenvalue weighted by molar-refractivity contribution is 7.89. The average Bonchev–Trinajstić information content (AvgIpc) is 3.41. The Bertz CT molecular complexity index is 1250. The maximum Gasteiger partial charge on any atom is 0.227 e. The van der Waals surface area contributed by atoms with E-state index in [-0.39, 0.29) is 42.9 Å². The van der Waals surface area contributed by atoms with Crippen molar-refractivity contribution in [2.24, 2.45) is 16.7 Å². The van der Waals surface area contributed by atoms with E-state index in [0.717, 1.165) is 24.0 Å². The second-order valence-corrected chi connectivity index (χ2v) is 12.6. The summed E-state index contributed by atoms with van der Waals surface area (Å²) in [6.45, 7) is 6.98. The van der Waals surface area contributed by atoms with Crippen LogP contribution < -0.4 is 0 Å². The summed E-state index contributed by atoms with van der Waals surface area (Å²) in [5.41, 5.74) is 0.636. The highest BCUT2D eigenvalue weighted by Gasteiger charge is 2.65. The highest BCUT2D eigenvalue weighted by atomic mass is 32.2. The lowest BCUT2D eigenvalue weighted by Crippen LogP contribution is -2.53. The van der Waals surface area contributed by atoms with Gasteiger partial charge in [-0.05, 0) is 29.7 Å². The van der Waals surface area contributed by atoms with Crippen LogP contribution in [0.4, 0.5) is 0 Å². The second kappa shape index (κ2) is 8.51. The molecule has 0 spiro atoms. The van der Waals surface area contributed by atoms with Crippen LogP contribution in [-0.4, -0.2) is 71.4 Å². The number of rotatable bonds is 6. The van der Waals surface area contributed by atoms with Gasteiger partial charge in [0.2, 0.25) is 27.6 Å². The molecular formula is C25H32N4O5S. The van der Waals surface area contributed by atoms with Crippen LogP contribution >= 0.6 is 0 Å². The number of hydrogen-bond donors (Lipinski definition) is 0. The molecule has 3 unspecified atom stereocenters. The molecule has 3 aliphatic rings. The van der Waals surface area contributed by atoms with E-state index in [4.69, 9.17) is 4.52 Å². The number of aromatic nitrogens is 2. The van der Waals surface area contributed by atoms with Crippen molar-refractivity contribution in [2.75, 3.05) is 31.9 Å². The van der Waals surface area contributed by atoms with Gasteiger partial charge in [0.05, 0.1) is 12.2 Å². The first kappa shape index (κ1) is 24.1. The van der Waals surface area contributed by atoms with Crippen molar-refractivity contribution in [1.29, 1.82) is 0 Å². The summed E-state index contributed by atoms with van der Waals surface area (Å²) in [6.07, 6.45) is 2.45. The summed E-state index contributed by atoms with van der Waals surface area (Å²) in [5.74, 6) is 1.34. The Morgan fingerprint density at radius 2 is 1.83 bits per heavy atom. The predicted molar refractivity (Wildman–Crippen MR) is 129 cm³/mol. The molecule has 1 aromatic heterocycles. The zero-order valence-electron chi connectivity index (χ0n) is 20.5. The molecular weight excluding hydrogens is 468 g/mol. The zero-order chi connectivity index (χ0) is 25.0. The first-order valence-corrected chi connectivity index (χ1v) is 13.8. The monoisotopic (exact) mass is 500 g/mol. The number of carbonyl (C=O) groups excluding carboxylic acids is 2. The van der Waals surface area contributed by atoms with Crippen molar-refractivity contribution < 1.29 is 22.5 Å². The van der Waals surface area contributed by atoms with Crippen LogP contribution in [0.2, 0.25) is 0 Å². The molecule has 35 heavy (non-hydrogen) atoms. The maximum absolute atomic E-state index is 13.3. The number of nitrogens with zero attached hydrogens (tertiary/aromatic N) is 4. The van der Waals surface area contributed by atoms with E-state index in [2.05, 4.69) is 10.1 Å². The molecule has 10 heteroatoms. The molecule has 2 bridgehead atoms. The van der Waals surface area contributed by atoms with Gasteiger partial charge in [-0.15, -0.1) is 0 Å². The summed E-state index contributed by atoms with van der Waals surface area (Å²) < 4.78 is 33.2. The third kappa shape index (κ3) is 4.10. The van der Waals surface area contributed by atoms with Gasteiger partial charge in [0.1, 0.15) is 5.78 Å². The third-order valence-corrected chi connectivity index (χ3v) is 10.9. The Morgan fingerprint density at radius 1 is 1.14 bits per heavy atom. The number of Topliss-reactive ketones (excluding diaryl/α,β-unsaturated/α-hetero) is 1. The second-order valence-electron chi connectivity index (χ2n) is 10.7. The van der Waals surface area contributed by atoms with Crippen molar-refractivity contribution >= 4 is 21.7 Å². The van der Waals surface area contributed by atoms with Crippen molar-refractivity contribution in [3.8, 4) is 11.4 Å². The Morgan fingerprint density at radius 3 is 2.37 bits per heavy atom. The number of benzene rings is 1. The smallest absolute Gasteiger partial charge is 0.227 e. The Labute approximate surface area is 205 Å². The molecule has 9 nitrogen and oxygen atoms in total. The quantitative estimate of drug-likeness (QED) is 0.599. The highest BCUT2D eigenvalue weighted by Crippen LogP contribution is 2.64. The number of carbonyl (C=O) groups is 2. The number of ketones is 1. The third-order valence-electron chi connectivity index (χ3n) is 8.76. The molecule has 5 rings (SSSR count). The SMILES string of the molecule is Cc1nc(-c2ccc(CC(=O)N3CCN(S(=O)(=O)CC4(C)C5CCC4(C)C(=O)C5)CC3)cc2)no1. The Kier molecular flexibility index (Phi) is 5.87. The van der Waals surface area contributed by atoms with E-state index in [9.17, 15) is 18.0 Å². The van der Waals surface area contributed by atoms with E-state index in [1.54, 1.807) is 11.8 Å². The lowest BCUT2D eigenvalue weighted by Gasteiger charge is -2.40. The molecule has 1 aliphatic heterocycles. The number of amides is 1. The molecule has 1 aromatic carbocycles. The van der Waals surface area contributed by atoms with Gasteiger partial charge in [-0.25, -0.2) is 8.42 Å². The number of piperazine rings is 1. The van der Waals surface area contributed by atoms with Crippen molar-refractivity contribution in [1.82, 2.24) is 19.3 Å². The predicted octanol–water partition coefficient (Wildman–Crippen LogP) is 2.46. The first-order valence-electron chi connectivity index (χ1n) is 12.2. The van der Waals surface area contributed by atoms with Gasteiger partial charge in [-0.1, -0.05) is 43.3 Å². The van der Waals surface area contributed by atoms with Crippen LogP contribution in [-0.2, 0) is 26.0 Å². The van der Waals surface area contributed by atoms with Crippen molar-refractivity contribution in [3.05, 3.63) is 35.7 Å². The molecule has 1 amide bonds. The normalized spacial score (nSPS) is 29.2. The van der Waals surface area contributed by atoms with E-state index in [1.807, 2.05) is 38.1 Å². The average molecular weight is 501 g/mol. The summed E-state index contributed by atoms with van der Waals surface area (Å²) in [6, 6.07) is 7.47. The molecule has 1 saturated heterocycles. The summed E-state index contributed by atoms with van der Waals surface area (Å²) in [5, 5.41) is 3.90. The minimum Gasteiger partial charge on any atom is -0.340 e. The van der Waals surface area contributed by atoms with Crippen LogP contribution in [0.3, 0.4) is 0 Å². The molecule has 3 atom stereocenters. The zero-order valence-corrected chi connectivity index (χ0v) is 21.3. The van der Waals surface area contributed by atoms with Crippen molar-refractivity contribution in [3.63, 3.8) is 0 Å². The van der Waals surface area contributed by atoms with Crippen molar-refractivity contribution in [2.45, 2.75) is 46.5 Å². The topological polar surface area (TPSA) is 114 Å². The molecule has 3 fully saturated rings. The summed E-state index contributed by atoms with van der Waals surface area (Å²) in [4.78, 5) is 31.3. The van der Waals surface area contributed by atoms with Gasteiger partial charge in [0.15, 0.2) is 0 Å². The van der Waals surface area contributed by atoms with Gasteiger partial charge >= 0.3 is 0 Å². The van der Waals surface area contributed by atoms with Gasteiger partial charge < -0.3 is 9.42 Å². The van der Waals surface area contributed by atoms with Crippen LogP contribution in [0.25, 0.3) is 11.4 Å². The van der Waals surface area contributed by atoms with Crippen LogP contribution in [0.1, 0.15) is 44.6 Å². The van der Waals surface area contributed by atoms with Crippen LogP contribution in [0, 0.1) is 23.7 Å². The minimum atomic E-state index is -3.53. The van der Waals surface area contributed by atoms with E-state index in [1.165, 1.54) is 4.31 Å². The summed E-state index contributed by atoms with van der Waals surface area (Å²) in [7, 11) is -3.53. The molecule has 0 radical (unpaired) electrons. The largest absolute Gasteiger partial charge is 0.340 e. The van der Waals surface area contributed by atoms with Gasteiger partial charge in [0, 0.05) is 50.5 Å². The lowest BCUT2D eigenvalue weighted by atomic mass is 9.70. The van der Waals surface area contributed by atoms with E-state index < -0.39 is 20.9 Å². The molecule has 2 aliphatic carbocycles. The van der Waals surface area contributed by atoms with Gasteiger partial charge in [-0.3, -0.25) is 9.59 Å². The van der Waals surface area contributed by atoms with Gasteiger partial charge in [0.25, 0.3) is 0 Å². The number of sulfonamides is 1. The molecule has 2 saturated carbocycles. The maximum atomic E-state index is 13.3. The molecule has 188 valence electrons. The Hall–Kier alpha value is -2.59.